The number of ether oxygens (including phenoxy) is 1. The van der Waals surface area contributed by atoms with E-state index in [0.29, 0.717) is 6.61 Å². The van der Waals surface area contributed by atoms with Gasteiger partial charge in [0.1, 0.15) is 0 Å². The van der Waals surface area contributed by atoms with Crippen LogP contribution in [0, 0.1) is 17.2 Å². The minimum absolute atomic E-state index is 0.423. The molecule has 2 atom stereocenters. The second-order valence-electron chi connectivity index (χ2n) is 2.11. The molecule has 0 heterocycles. The smallest absolute Gasteiger partial charge is 0.323 e. The van der Waals surface area contributed by atoms with Crippen molar-refractivity contribution in [1.29, 1.82) is 5.26 Å². The predicted octanol–water partition coefficient (Wildman–Crippen LogP) is 0.636. The molecule has 0 rings (SSSR count). The molecule has 0 radical (unpaired) electrons. The summed E-state index contributed by atoms with van der Waals surface area (Å²) in [7, 11) is 0. The van der Waals surface area contributed by atoms with Gasteiger partial charge in [-0.3, -0.25) is 4.79 Å². The lowest BCUT2D eigenvalue weighted by Crippen LogP contribution is -2.26. The van der Waals surface area contributed by atoms with Crippen molar-refractivity contribution in [3.05, 3.63) is 0 Å². The van der Waals surface area contributed by atoms with Crippen molar-refractivity contribution in [2.75, 3.05) is 6.61 Å². The minimum atomic E-state index is -1.13. The fourth-order valence-corrected chi connectivity index (χ4v) is 0.720. The fraction of sp³-hybridized carbons (Fsp3) is 0.714. The van der Waals surface area contributed by atoms with Crippen molar-refractivity contribution in [2.24, 2.45) is 5.92 Å². The van der Waals surface area contributed by atoms with Crippen LogP contribution in [0.15, 0.2) is 0 Å². The first-order valence-corrected chi connectivity index (χ1v) is 3.37. The number of aliphatic carboxylic acids is 1. The Balaban J connectivity index is 4.05. The van der Waals surface area contributed by atoms with Crippen molar-refractivity contribution in [3.63, 3.8) is 0 Å². The Morgan fingerprint density at radius 1 is 1.82 bits per heavy atom. The van der Waals surface area contributed by atoms with E-state index in [2.05, 4.69) is 0 Å². The molecule has 0 saturated carbocycles. The molecule has 11 heavy (non-hydrogen) atoms. The lowest BCUT2D eigenvalue weighted by atomic mass is 10.1. The molecule has 0 aromatic rings. The van der Waals surface area contributed by atoms with Gasteiger partial charge in [0.2, 0.25) is 0 Å². The second kappa shape index (κ2) is 4.69. The van der Waals surface area contributed by atoms with Crippen LogP contribution in [0.3, 0.4) is 0 Å². The van der Waals surface area contributed by atoms with Crippen LogP contribution in [0.2, 0.25) is 0 Å². The third-order valence-electron chi connectivity index (χ3n) is 1.30. The number of carboxylic acid groups (broad SMARTS) is 1. The number of nitrogens with zero attached hydrogens (tertiary/aromatic N) is 1. The number of hydrogen-bond donors (Lipinski definition) is 1. The van der Waals surface area contributed by atoms with Crippen LogP contribution < -0.4 is 0 Å². The van der Waals surface area contributed by atoms with E-state index in [0.717, 1.165) is 0 Å². The van der Waals surface area contributed by atoms with Gasteiger partial charge in [-0.25, -0.2) is 0 Å². The molecule has 0 aliphatic heterocycles. The molecule has 0 spiro atoms. The highest BCUT2D eigenvalue weighted by Gasteiger charge is 2.24. The molecule has 0 aliphatic rings. The molecule has 0 aromatic heterocycles. The third kappa shape index (κ3) is 3.01. The molecule has 0 aromatic carbocycles. The molecule has 1 N–H and O–H groups in total. The second-order valence-corrected chi connectivity index (χ2v) is 2.11. The van der Waals surface area contributed by atoms with Crippen molar-refractivity contribution in [1.82, 2.24) is 0 Å². The predicted molar refractivity (Wildman–Crippen MR) is 37.8 cm³/mol. The lowest BCUT2D eigenvalue weighted by Gasteiger charge is -2.12. The maximum atomic E-state index is 10.3. The van der Waals surface area contributed by atoms with Gasteiger partial charge in [-0.15, -0.1) is 0 Å². The molecule has 0 amide bonds. The quantitative estimate of drug-likeness (QED) is 0.649. The van der Waals surface area contributed by atoms with Gasteiger partial charge < -0.3 is 9.84 Å². The van der Waals surface area contributed by atoms with Crippen LogP contribution in [-0.4, -0.2) is 23.8 Å². The number of carbonyl (C=O) groups is 1. The maximum absolute atomic E-state index is 10.3. The van der Waals surface area contributed by atoms with E-state index in [9.17, 15) is 4.79 Å². The summed E-state index contributed by atoms with van der Waals surface area (Å²) in [5.41, 5.74) is 0. The molecule has 2 unspecified atom stereocenters. The molecule has 0 aliphatic carbocycles. The summed E-state index contributed by atoms with van der Waals surface area (Å²) in [5, 5.41) is 16.9. The molecular weight excluding hydrogens is 146 g/mol. The molecule has 0 saturated heterocycles. The number of nitriles is 1. The zero-order valence-electron chi connectivity index (χ0n) is 6.57. The monoisotopic (exact) mass is 157 g/mol. The number of rotatable bonds is 4. The summed E-state index contributed by atoms with van der Waals surface area (Å²) in [6.45, 7) is 3.75. The van der Waals surface area contributed by atoms with E-state index in [4.69, 9.17) is 15.1 Å². The van der Waals surface area contributed by atoms with Crippen molar-refractivity contribution in [2.45, 2.75) is 20.0 Å². The Morgan fingerprint density at radius 3 is 2.64 bits per heavy atom. The van der Waals surface area contributed by atoms with Gasteiger partial charge in [-0.2, -0.15) is 5.26 Å². The largest absolute Gasteiger partial charge is 0.480 e. The highest BCUT2D eigenvalue weighted by atomic mass is 16.5. The Morgan fingerprint density at radius 2 is 2.36 bits per heavy atom. The first kappa shape index (κ1) is 9.92. The van der Waals surface area contributed by atoms with Crippen LogP contribution in [0.1, 0.15) is 13.8 Å². The zero-order chi connectivity index (χ0) is 8.85. The standard InChI is InChI=1S/C7H11NO3/c1-3-11-5(2)6(4-8)7(9)10/h5-6H,3H2,1-2H3,(H,9,10). The van der Waals surface area contributed by atoms with Crippen LogP contribution in [0.5, 0.6) is 0 Å². The fourth-order valence-electron chi connectivity index (χ4n) is 0.720. The summed E-state index contributed by atoms with van der Waals surface area (Å²) >= 11 is 0. The third-order valence-corrected chi connectivity index (χ3v) is 1.30. The van der Waals surface area contributed by atoms with Crippen LogP contribution in [0.25, 0.3) is 0 Å². The van der Waals surface area contributed by atoms with Crippen LogP contribution in [0.4, 0.5) is 0 Å². The minimum Gasteiger partial charge on any atom is -0.480 e. The van der Waals surface area contributed by atoms with Gasteiger partial charge in [0.05, 0.1) is 12.2 Å². The average Bonchev–Trinajstić information content (AvgIpc) is 1.88. The first-order chi connectivity index (χ1) is 5.13. The van der Waals surface area contributed by atoms with Gasteiger partial charge in [-0.1, -0.05) is 0 Å². The van der Waals surface area contributed by atoms with Crippen LogP contribution >= 0.6 is 0 Å². The molecule has 0 bridgehead atoms. The van der Waals surface area contributed by atoms with Crippen molar-refractivity contribution < 1.29 is 14.6 Å². The normalized spacial score (nSPS) is 15.0. The Hall–Kier alpha value is -1.08. The zero-order valence-corrected chi connectivity index (χ0v) is 6.57. The summed E-state index contributed by atoms with van der Waals surface area (Å²) in [6, 6.07) is 1.66. The molecule has 62 valence electrons. The van der Waals surface area contributed by atoms with E-state index >= 15 is 0 Å². The Kier molecular flexibility index (Phi) is 4.23. The first-order valence-electron chi connectivity index (χ1n) is 3.37. The van der Waals surface area contributed by atoms with E-state index < -0.39 is 18.0 Å². The van der Waals surface area contributed by atoms with Crippen molar-refractivity contribution in [3.8, 4) is 6.07 Å². The molecule has 4 heteroatoms. The van der Waals surface area contributed by atoms with Gasteiger partial charge in [0.15, 0.2) is 5.92 Å². The maximum Gasteiger partial charge on any atom is 0.323 e. The van der Waals surface area contributed by atoms with E-state index in [1.54, 1.807) is 19.9 Å². The molecule has 0 fully saturated rings. The SMILES string of the molecule is CCOC(C)C(C#N)C(=O)O. The average molecular weight is 157 g/mol. The number of carboxylic acids is 1. The lowest BCUT2D eigenvalue weighted by molar-refractivity contribution is -0.143. The van der Waals surface area contributed by atoms with Gasteiger partial charge in [0, 0.05) is 6.61 Å². The Labute approximate surface area is 65.4 Å². The summed E-state index contributed by atoms with van der Waals surface area (Å²) in [5.74, 6) is -2.19. The van der Waals surface area contributed by atoms with E-state index in [1.807, 2.05) is 0 Å². The highest BCUT2D eigenvalue weighted by Crippen LogP contribution is 2.06. The van der Waals surface area contributed by atoms with Gasteiger partial charge >= 0.3 is 5.97 Å². The summed E-state index contributed by atoms with van der Waals surface area (Å²) in [4.78, 5) is 10.3. The Bertz CT molecular complexity index is 173. The number of hydrogen-bond acceptors (Lipinski definition) is 3. The summed E-state index contributed by atoms with van der Waals surface area (Å²) < 4.78 is 4.95. The van der Waals surface area contributed by atoms with Gasteiger partial charge in [-0.05, 0) is 13.8 Å². The van der Waals surface area contributed by atoms with E-state index in [1.165, 1.54) is 0 Å². The molecule has 4 nitrogen and oxygen atoms in total. The topological polar surface area (TPSA) is 70.3 Å². The molecular formula is C7H11NO3. The highest BCUT2D eigenvalue weighted by molar-refractivity contribution is 5.73. The van der Waals surface area contributed by atoms with Crippen molar-refractivity contribution >= 4 is 5.97 Å². The van der Waals surface area contributed by atoms with E-state index in [-0.39, 0.29) is 0 Å². The van der Waals surface area contributed by atoms with Gasteiger partial charge in [0.25, 0.3) is 0 Å². The van der Waals surface area contributed by atoms with Crippen LogP contribution in [-0.2, 0) is 9.53 Å². The summed E-state index contributed by atoms with van der Waals surface area (Å²) in [6.07, 6.45) is -0.539.